The molecule has 0 aromatic carbocycles. The van der Waals surface area contributed by atoms with E-state index in [1.54, 1.807) is 24.9 Å². The van der Waals surface area contributed by atoms with Gasteiger partial charge in [-0.1, -0.05) is 5.16 Å². The molecule has 1 saturated heterocycles. The van der Waals surface area contributed by atoms with Crippen molar-refractivity contribution in [3.05, 3.63) is 35.0 Å². The second-order valence-electron chi connectivity index (χ2n) is 6.12. The average molecular weight is 332 g/mol. The van der Waals surface area contributed by atoms with Crippen LogP contribution in [0.2, 0.25) is 0 Å². The fourth-order valence-electron chi connectivity index (χ4n) is 3.17. The summed E-state index contributed by atoms with van der Waals surface area (Å²) in [5.41, 5.74) is 1.96. The molecule has 1 fully saturated rings. The monoisotopic (exact) mass is 332 g/mol. The van der Waals surface area contributed by atoms with E-state index in [0.717, 1.165) is 18.5 Å². The van der Waals surface area contributed by atoms with E-state index >= 15 is 0 Å². The fraction of sp³-hybridized carbons (Fsp3) is 0.500. The molecule has 1 atom stereocenters. The molecule has 2 aromatic rings. The Hall–Kier alpha value is -2.64. The molecule has 0 bridgehead atoms. The van der Waals surface area contributed by atoms with Gasteiger partial charge >= 0.3 is 5.97 Å². The van der Waals surface area contributed by atoms with Crippen molar-refractivity contribution in [1.82, 2.24) is 19.8 Å². The SMILES string of the molecule is Cc1noc(C)c1C(=O)N1CCC[C@H](c2ccn(CC(=O)O)n2)C1. The van der Waals surface area contributed by atoms with Crippen LogP contribution in [0, 0.1) is 13.8 Å². The van der Waals surface area contributed by atoms with Gasteiger partial charge < -0.3 is 14.5 Å². The van der Waals surface area contributed by atoms with E-state index in [0.29, 0.717) is 30.1 Å². The zero-order valence-electron chi connectivity index (χ0n) is 13.7. The quantitative estimate of drug-likeness (QED) is 0.912. The summed E-state index contributed by atoms with van der Waals surface area (Å²) < 4.78 is 6.50. The molecule has 0 spiro atoms. The first-order valence-electron chi connectivity index (χ1n) is 7.93. The van der Waals surface area contributed by atoms with Gasteiger partial charge in [-0.05, 0) is 32.8 Å². The second-order valence-corrected chi connectivity index (χ2v) is 6.12. The van der Waals surface area contributed by atoms with Crippen LogP contribution in [0.4, 0.5) is 0 Å². The first-order chi connectivity index (χ1) is 11.5. The van der Waals surface area contributed by atoms with Crippen LogP contribution in [0.1, 0.15) is 46.3 Å². The molecular formula is C16H20N4O4. The van der Waals surface area contributed by atoms with E-state index < -0.39 is 5.97 Å². The van der Waals surface area contributed by atoms with Crippen molar-refractivity contribution < 1.29 is 19.2 Å². The van der Waals surface area contributed by atoms with E-state index in [-0.39, 0.29) is 18.4 Å². The van der Waals surface area contributed by atoms with E-state index in [2.05, 4.69) is 10.3 Å². The van der Waals surface area contributed by atoms with Gasteiger partial charge in [-0.25, -0.2) is 0 Å². The van der Waals surface area contributed by atoms with Gasteiger partial charge in [0.25, 0.3) is 5.91 Å². The van der Waals surface area contributed by atoms with E-state index in [9.17, 15) is 9.59 Å². The number of aryl methyl sites for hydroxylation is 2. The summed E-state index contributed by atoms with van der Waals surface area (Å²) in [6.45, 7) is 4.59. The van der Waals surface area contributed by atoms with Gasteiger partial charge in [0.05, 0.1) is 11.4 Å². The Morgan fingerprint density at radius 1 is 1.42 bits per heavy atom. The number of piperidine rings is 1. The zero-order chi connectivity index (χ0) is 17.3. The van der Waals surface area contributed by atoms with Gasteiger partial charge in [-0.3, -0.25) is 14.3 Å². The molecule has 0 aliphatic carbocycles. The molecular weight excluding hydrogens is 312 g/mol. The van der Waals surface area contributed by atoms with Crippen molar-refractivity contribution in [2.45, 2.75) is 39.2 Å². The van der Waals surface area contributed by atoms with Gasteiger partial charge in [0.1, 0.15) is 17.9 Å². The first-order valence-corrected chi connectivity index (χ1v) is 7.93. The Kier molecular flexibility index (Phi) is 4.37. The van der Waals surface area contributed by atoms with Gasteiger partial charge in [0.2, 0.25) is 0 Å². The Morgan fingerprint density at radius 3 is 2.88 bits per heavy atom. The number of carboxylic acids is 1. The maximum Gasteiger partial charge on any atom is 0.325 e. The minimum atomic E-state index is -0.927. The van der Waals surface area contributed by atoms with Crippen LogP contribution in [0.25, 0.3) is 0 Å². The lowest BCUT2D eigenvalue weighted by atomic mass is 9.94. The number of carbonyl (C=O) groups is 2. The molecule has 1 N–H and O–H groups in total. The van der Waals surface area contributed by atoms with Crippen LogP contribution in [0.5, 0.6) is 0 Å². The number of hydrogen-bond acceptors (Lipinski definition) is 5. The van der Waals surface area contributed by atoms with E-state index in [1.165, 1.54) is 4.68 Å². The molecule has 1 aliphatic heterocycles. The van der Waals surface area contributed by atoms with Crippen molar-refractivity contribution in [3.63, 3.8) is 0 Å². The number of carboxylic acid groups (broad SMARTS) is 1. The van der Waals surface area contributed by atoms with Crippen molar-refractivity contribution >= 4 is 11.9 Å². The summed E-state index contributed by atoms with van der Waals surface area (Å²) in [4.78, 5) is 25.3. The summed E-state index contributed by atoms with van der Waals surface area (Å²) in [6, 6.07) is 1.83. The predicted octanol–water partition coefficient (Wildman–Crippen LogP) is 1.59. The zero-order valence-corrected chi connectivity index (χ0v) is 13.7. The minimum Gasteiger partial charge on any atom is -0.480 e. The molecule has 0 saturated carbocycles. The molecule has 8 nitrogen and oxygen atoms in total. The molecule has 3 rings (SSSR count). The van der Waals surface area contributed by atoms with Crippen molar-refractivity contribution in [2.75, 3.05) is 13.1 Å². The smallest absolute Gasteiger partial charge is 0.325 e. The largest absolute Gasteiger partial charge is 0.480 e. The molecule has 128 valence electrons. The molecule has 0 radical (unpaired) electrons. The van der Waals surface area contributed by atoms with Crippen LogP contribution in [-0.4, -0.2) is 49.9 Å². The second kappa shape index (κ2) is 6.46. The molecule has 2 aromatic heterocycles. The predicted molar refractivity (Wildman–Crippen MR) is 83.7 cm³/mol. The van der Waals surface area contributed by atoms with Gasteiger partial charge in [-0.15, -0.1) is 0 Å². The summed E-state index contributed by atoms with van der Waals surface area (Å²) >= 11 is 0. The number of likely N-dealkylation sites (tertiary alicyclic amines) is 1. The van der Waals surface area contributed by atoms with Crippen LogP contribution in [0.15, 0.2) is 16.8 Å². The van der Waals surface area contributed by atoms with Crippen molar-refractivity contribution in [3.8, 4) is 0 Å². The molecule has 8 heteroatoms. The topological polar surface area (TPSA) is 101 Å². The Balaban J connectivity index is 1.73. The van der Waals surface area contributed by atoms with Gasteiger partial charge in [0.15, 0.2) is 0 Å². The number of aliphatic carboxylic acids is 1. The van der Waals surface area contributed by atoms with Gasteiger partial charge in [-0.2, -0.15) is 5.10 Å². The first kappa shape index (κ1) is 16.2. The minimum absolute atomic E-state index is 0.0686. The van der Waals surface area contributed by atoms with Crippen LogP contribution in [-0.2, 0) is 11.3 Å². The van der Waals surface area contributed by atoms with E-state index in [1.807, 2.05) is 6.07 Å². The highest BCUT2D eigenvalue weighted by Gasteiger charge is 2.29. The standard InChI is InChI=1S/C16H20N4O4/c1-10-15(11(2)24-18-10)16(23)19-6-3-4-12(8-19)13-5-7-20(17-13)9-14(21)22/h5,7,12H,3-4,6,8-9H2,1-2H3,(H,21,22)/t12-/m0/s1. The molecule has 0 unspecified atom stereocenters. The lowest BCUT2D eigenvalue weighted by Gasteiger charge is -2.32. The number of amides is 1. The number of hydrogen-bond donors (Lipinski definition) is 1. The third-order valence-electron chi connectivity index (χ3n) is 4.33. The fourth-order valence-corrected chi connectivity index (χ4v) is 3.17. The van der Waals surface area contributed by atoms with Crippen molar-refractivity contribution in [2.24, 2.45) is 0 Å². The average Bonchev–Trinajstić information content (AvgIpc) is 3.13. The molecule has 24 heavy (non-hydrogen) atoms. The third-order valence-corrected chi connectivity index (χ3v) is 4.33. The van der Waals surface area contributed by atoms with Gasteiger partial charge in [0, 0.05) is 25.2 Å². The van der Waals surface area contributed by atoms with Crippen LogP contribution < -0.4 is 0 Å². The highest BCUT2D eigenvalue weighted by molar-refractivity contribution is 5.96. The van der Waals surface area contributed by atoms with Crippen LogP contribution >= 0.6 is 0 Å². The van der Waals surface area contributed by atoms with Crippen molar-refractivity contribution in [1.29, 1.82) is 0 Å². The third kappa shape index (κ3) is 3.17. The van der Waals surface area contributed by atoms with E-state index in [4.69, 9.17) is 9.63 Å². The summed E-state index contributed by atoms with van der Waals surface area (Å²) in [6.07, 6.45) is 3.47. The summed E-state index contributed by atoms with van der Waals surface area (Å²) in [7, 11) is 0. The Morgan fingerprint density at radius 2 is 2.21 bits per heavy atom. The lowest BCUT2D eigenvalue weighted by Crippen LogP contribution is -2.39. The molecule has 1 aliphatic rings. The highest BCUT2D eigenvalue weighted by atomic mass is 16.5. The number of aromatic nitrogens is 3. The maximum atomic E-state index is 12.8. The number of rotatable bonds is 4. The maximum absolute atomic E-state index is 12.8. The molecule has 3 heterocycles. The molecule has 1 amide bonds. The Labute approximate surface area is 139 Å². The number of nitrogens with zero attached hydrogens (tertiary/aromatic N) is 4. The Bertz CT molecular complexity index is 744. The summed E-state index contributed by atoms with van der Waals surface area (Å²) in [5.74, 6) is -0.354. The van der Waals surface area contributed by atoms with Crippen LogP contribution in [0.3, 0.4) is 0 Å². The summed E-state index contributed by atoms with van der Waals surface area (Å²) in [5, 5.41) is 17.0. The number of carbonyl (C=O) groups excluding carboxylic acids is 1. The lowest BCUT2D eigenvalue weighted by molar-refractivity contribution is -0.137. The highest BCUT2D eigenvalue weighted by Crippen LogP contribution is 2.27. The normalized spacial score (nSPS) is 17.9.